The number of aliphatic hydroxyl groups is 1. The zero-order valence-corrected chi connectivity index (χ0v) is 13.3. The Hall–Kier alpha value is -2.69. The lowest BCUT2D eigenvalue weighted by Crippen LogP contribution is -2.45. The number of carbonyl (C=O) groups is 1. The fourth-order valence-corrected chi connectivity index (χ4v) is 3.22. The predicted octanol–water partition coefficient (Wildman–Crippen LogP) is 3.59. The summed E-state index contributed by atoms with van der Waals surface area (Å²) in [5.74, 6) is -0.268. The first-order valence-electron chi connectivity index (χ1n) is 7.45. The summed E-state index contributed by atoms with van der Waals surface area (Å²) in [5, 5.41) is 12.2. The van der Waals surface area contributed by atoms with Gasteiger partial charge < -0.3 is 5.11 Å². The van der Waals surface area contributed by atoms with Gasteiger partial charge in [-0.1, -0.05) is 41.9 Å². The molecule has 5 heteroatoms. The molecule has 0 fully saturated rings. The van der Waals surface area contributed by atoms with Gasteiger partial charge in [0.1, 0.15) is 0 Å². The van der Waals surface area contributed by atoms with Crippen LogP contribution in [-0.2, 0) is 5.72 Å². The van der Waals surface area contributed by atoms with Crippen LogP contribution in [0.3, 0.4) is 0 Å². The van der Waals surface area contributed by atoms with Crippen molar-refractivity contribution in [1.29, 1.82) is 0 Å². The zero-order valence-electron chi connectivity index (χ0n) is 12.6. The number of halogens is 1. The number of anilines is 1. The summed E-state index contributed by atoms with van der Waals surface area (Å²) in [4.78, 5) is 18.4. The lowest BCUT2D eigenvalue weighted by molar-refractivity contribution is 0.0702. The van der Waals surface area contributed by atoms with Crippen LogP contribution in [0.5, 0.6) is 0 Å². The van der Waals surface area contributed by atoms with Crippen LogP contribution in [0.25, 0.3) is 0 Å². The minimum absolute atomic E-state index is 0.268. The van der Waals surface area contributed by atoms with Crippen LogP contribution >= 0.6 is 11.6 Å². The Balaban J connectivity index is 1.99. The highest BCUT2D eigenvalue weighted by Crippen LogP contribution is 2.44. The third-order valence-electron chi connectivity index (χ3n) is 4.21. The lowest BCUT2D eigenvalue weighted by Gasteiger charge is -2.34. The van der Waals surface area contributed by atoms with E-state index in [4.69, 9.17) is 11.6 Å². The molecule has 3 aromatic rings. The predicted molar refractivity (Wildman–Crippen MR) is 91.9 cm³/mol. The van der Waals surface area contributed by atoms with E-state index in [1.807, 2.05) is 18.2 Å². The van der Waals surface area contributed by atoms with E-state index in [1.54, 1.807) is 48.7 Å². The smallest absolute Gasteiger partial charge is 0.261 e. The fourth-order valence-electron chi connectivity index (χ4n) is 3.09. The summed E-state index contributed by atoms with van der Waals surface area (Å²) in [6, 6.07) is 17.5. The summed E-state index contributed by atoms with van der Waals surface area (Å²) < 4.78 is 0. The number of pyridine rings is 1. The molecule has 1 N–H and O–H groups in total. The van der Waals surface area contributed by atoms with Crippen molar-refractivity contribution in [2.45, 2.75) is 5.72 Å². The van der Waals surface area contributed by atoms with Gasteiger partial charge in [0, 0.05) is 34.2 Å². The molecule has 1 atom stereocenters. The molecule has 4 nitrogen and oxygen atoms in total. The maximum atomic E-state index is 13.0. The average molecular weight is 337 g/mol. The van der Waals surface area contributed by atoms with Gasteiger partial charge in [-0.25, -0.2) is 0 Å². The van der Waals surface area contributed by atoms with E-state index in [9.17, 15) is 9.90 Å². The third-order valence-corrected chi connectivity index (χ3v) is 4.47. The topological polar surface area (TPSA) is 53.4 Å². The molecule has 4 rings (SSSR count). The summed E-state index contributed by atoms with van der Waals surface area (Å²) in [7, 11) is 0. The molecule has 0 saturated carbocycles. The van der Waals surface area contributed by atoms with Gasteiger partial charge in [0.25, 0.3) is 5.91 Å². The molecular formula is C19H13ClN2O2. The van der Waals surface area contributed by atoms with Gasteiger partial charge in [-0.05, 0) is 30.3 Å². The molecule has 2 aromatic carbocycles. The van der Waals surface area contributed by atoms with E-state index in [0.717, 1.165) is 0 Å². The van der Waals surface area contributed by atoms with Crippen LogP contribution < -0.4 is 4.90 Å². The number of rotatable bonds is 2. The molecule has 24 heavy (non-hydrogen) atoms. The second-order valence-electron chi connectivity index (χ2n) is 5.58. The number of amides is 1. The van der Waals surface area contributed by atoms with Crippen LogP contribution in [0.1, 0.15) is 21.5 Å². The number of para-hydroxylation sites is 1. The molecule has 2 heterocycles. The highest BCUT2D eigenvalue weighted by Gasteiger charge is 2.50. The Bertz CT molecular complexity index is 912. The largest absolute Gasteiger partial charge is 0.363 e. The number of fused-ring (bicyclic) bond motifs is 1. The second kappa shape index (κ2) is 5.44. The third kappa shape index (κ3) is 2.04. The van der Waals surface area contributed by atoms with Gasteiger partial charge in [-0.15, -0.1) is 0 Å². The summed E-state index contributed by atoms with van der Waals surface area (Å²) >= 11 is 5.97. The SMILES string of the molecule is O=C1c2ccncc2[C@](O)(c2ccc(Cl)cc2)N1c1ccccc1. The first-order chi connectivity index (χ1) is 11.6. The van der Waals surface area contributed by atoms with Gasteiger partial charge in [-0.3, -0.25) is 14.7 Å². The Morgan fingerprint density at radius 3 is 2.42 bits per heavy atom. The molecular weight excluding hydrogens is 324 g/mol. The molecule has 0 saturated heterocycles. The first-order valence-corrected chi connectivity index (χ1v) is 7.82. The van der Waals surface area contributed by atoms with Crippen molar-refractivity contribution in [3.05, 3.63) is 94.8 Å². The normalized spacial score (nSPS) is 19.4. The van der Waals surface area contributed by atoms with Gasteiger partial charge in [0.15, 0.2) is 5.72 Å². The fraction of sp³-hybridized carbons (Fsp3) is 0.0526. The van der Waals surface area contributed by atoms with Crippen molar-refractivity contribution in [2.75, 3.05) is 4.90 Å². The highest BCUT2D eigenvalue weighted by atomic mass is 35.5. The molecule has 0 radical (unpaired) electrons. The van der Waals surface area contributed by atoms with Crippen molar-refractivity contribution >= 4 is 23.2 Å². The van der Waals surface area contributed by atoms with Crippen LogP contribution in [0.15, 0.2) is 73.1 Å². The zero-order chi connectivity index (χ0) is 16.7. The van der Waals surface area contributed by atoms with Gasteiger partial charge in [0.2, 0.25) is 0 Å². The summed E-state index contributed by atoms with van der Waals surface area (Å²) in [6.07, 6.45) is 3.08. The van der Waals surface area contributed by atoms with Crippen LogP contribution in [-0.4, -0.2) is 16.0 Å². The molecule has 0 aliphatic carbocycles. The minimum Gasteiger partial charge on any atom is -0.363 e. The Labute approximate surface area is 144 Å². The van der Waals surface area contributed by atoms with Crippen LogP contribution in [0.2, 0.25) is 5.02 Å². The number of hydrogen-bond acceptors (Lipinski definition) is 3. The highest BCUT2D eigenvalue weighted by molar-refractivity contribution is 6.30. The molecule has 1 aliphatic heterocycles. The number of carbonyl (C=O) groups excluding carboxylic acids is 1. The lowest BCUT2D eigenvalue weighted by atomic mass is 9.95. The van der Waals surface area contributed by atoms with Crippen molar-refractivity contribution < 1.29 is 9.90 Å². The van der Waals surface area contributed by atoms with Crippen molar-refractivity contribution in [1.82, 2.24) is 4.98 Å². The summed E-state index contributed by atoms with van der Waals surface area (Å²) in [5.41, 5.74) is 0.423. The number of aromatic nitrogens is 1. The molecule has 0 spiro atoms. The Kier molecular flexibility index (Phi) is 3.37. The number of nitrogens with zero attached hydrogens (tertiary/aromatic N) is 2. The van der Waals surface area contributed by atoms with Crippen LogP contribution in [0, 0.1) is 0 Å². The molecule has 0 bridgehead atoms. The van der Waals surface area contributed by atoms with Crippen molar-refractivity contribution in [3.63, 3.8) is 0 Å². The maximum absolute atomic E-state index is 13.0. The van der Waals surface area contributed by atoms with E-state index in [2.05, 4.69) is 4.98 Å². The van der Waals surface area contributed by atoms with E-state index in [0.29, 0.717) is 27.4 Å². The number of benzene rings is 2. The quantitative estimate of drug-likeness (QED) is 0.778. The van der Waals surface area contributed by atoms with Gasteiger partial charge >= 0.3 is 0 Å². The molecule has 1 aromatic heterocycles. The molecule has 118 valence electrons. The average Bonchev–Trinajstić information content (AvgIpc) is 2.85. The first kappa shape index (κ1) is 14.9. The van der Waals surface area contributed by atoms with Gasteiger partial charge in [0.05, 0.1) is 5.56 Å². The standard InChI is InChI=1S/C19H13ClN2O2/c20-14-8-6-13(7-9-14)19(24)17-12-21-11-10-16(17)18(23)22(19)15-4-2-1-3-5-15/h1-12,24H/t19-/m1/s1. The van der Waals surface area contributed by atoms with E-state index < -0.39 is 5.72 Å². The van der Waals surface area contributed by atoms with E-state index in [-0.39, 0.29) is 5.91 Å². The number of hydrogen-bond donors (Lipinski definition) is 1. The van der Waals surface area contributed by atoms with E-state index in [1.165, 1.54) is 11.1 Å². The Morgan fingerprint density at radius 2 is 1.71 bits per heavy atom. The summed E-state index contributed by atoms with van der Waals surface area (Å²) in [6.45, 7) is 0. The Morgan fingerprint density at radius 1 is 1.00 bits per heavy atom. The molecule has 1 aliphatic rings. The monoisotopic (exact) mass is 336 g/mol. The second-order valence-corrected chi connectivity index (χ2v) is 6.01. The minimum atomic E-state index is -1.63. The van der Waals surface area contributed by atoms with Crippen molar-refractivity contribution in [3.8, 4) is 0 Å². The molecule has 0 unspecified atom stereocenters. The van der Waals surface area contributed by atoms with Crippen molar-refractivity contribution in [2.24, 2.45) is 0 Å². The maximum Gasteiger partial charge on any atom is 0.261 e. The van der Waals surface area contributed by atoms with E-state index >= 15 is 0 Å². The van der Waals surface area contributed by atoms with Gasteiger partial charge in [-0.2, -0.15) is 0 Å². The molecule has 1 amide bonds. The van der Waals surface area contributed by atoms with Crippen LogP contribution in [0.4, 0.5) is 5.69 Å².